The fourth-order valence-corrected chi connectivity index (χ4v) is 3.06. The van der Waals surface area contributed by atoms with Crippen molar-refractivity contribution in [3.8, 4) is 0 Å². The second kappa shape index (κ2) is 6.51. The van der Waals surface area contributed by atoms with Gasteiger partial charge in [-0.1, -0.05) is 30.3 Å². The van der Waals surface area contributed by atoms with Crippen molar-refractivity contribution >= 4 is 16.0 Å². The third kappa shape index (κ3) is 4.14. The number of sulfonamides is 1. The van der Waals surface area contributed by atoms with Crippen LogP contribution in [0.15, 0.2) is 47.6 Å². The van der Waals surface area contributed by atoms with Crippen LogP contribution in [0.25, 0.3) is 0 Å². The minimum absolute atomic E-state index is 0.0567. The van der Waals surface area contributed by atoms with Crippen LogP contribution in [-0.4, -0.2) is 29.7 Å². The number of nitrogens with zero attached hydrogens (tertiary/aromatic N) is 1. The predicted octanol–water partition coefficient (Wildman–Crippen LogP) is 1.29. The summed E-state index contributed by atoms with van der Waals surface area (Å²) in [6, 6.07) is 9.57. The van der Waals surface area contributed by atoms with Crippen LogP contribution in [0, 0.1) is 0 Å². The fraction of sp³-hybridized carbons (Fsp3) is 0.231. The molecule has 8 heteroatoms. The number of benzene rings is 1. The molecule has 2 aromatic rings. The standard InChI is InChI=1S/C13H15N3O4S/c17-13(18)7-6-11(10-4-2-1-3-5-10)16-21(19,20)12-8-9-14-15-12/h1-5,8-9,11,16H,6-7H2,(H,14,15)(H,17,18). The van der Waals surface area contributed by atoms with Crippen molar-refractivity contribution in [1.29, 1.82) is 0 Å². The highest BCUT2D eigenvalue weighted by Gasteiger charge is 2.22. The minimum atomic E-state index is -3.77. The third-order valence-corrected chi connectivity index (χ3v) is 4.31. The number of carboxylic acid groups (broad SMARTS) is 1. The summed E-state index contributed by atoms with van der Waals surface area (Å²) < 4.78 is 26.9. The number of hydrogen-bond acceptors (Lipinski definition) is 4. The van der Waals surface area contributed by atoms with E-state index in [4.69, 9.17) is 5.11 Å². The van der Waals surface area contributed by atoms with Crippen molar-refractivity contribution in [3.05, 3.63) is 48.2 Å². The van der Waals surface area contributed by atoms with Crippen molar-refractivity contribution in [2.24, 2.45) is 0 Å². The molecule has 0 radical (unpaired) electrons. The number of aromatic nitrogens is 2. The first kappa shape index (κ1) is 15.2. The molecule has 7 nitrogen and oxygen atoms in total. The number of carboxylic acids is 1. The molecule has 3 N–H and O–H groups in total. The third-order valence-electron chi connectivity index (χ3n) is 2.91. The summed E-state index contributed by atoms with van der Waals surface area (Å²) in [6.45, 7) is 0. The van der Waals surface area contributed by atoms with Crippen molar-refractivity contribution in [2.75, 3.05) is 0 Å². The number of nitrogens with one attached hydrogen (secondary N) is 2. The number of hydrogen-bond donors (Lipinski definition) is 3. The van der Waals surface area contributed by atoms with Gasteiger partial charge in [0.05, 0.1) is 6.20 Å². The van der Waals surface area contributed by atoms with Gasteiger partial charge in [-0.3, -0.25) is 9.89 Å². The van der Waals surface area contributed by atoms with Crippen LogP contribution < -0.4 is 4.72 Å². The van der Waals surface area contributed by atoms with Crippen molar-refractivity contribution in [1.82, 2.24) is 14.9 Å². The fourth-order valence-electron chi connectivity index (χ4n) is 1.89. The molecule has 0 spiro atoms. The molecule has 0 saturated heterocycles. The van der Waals surface area contributed by atoms with Gasteiger partial charge in [0.1, 0.15) is 0 Å². The van der Waals surface area contributed by atoms with Gasteiger partial charge in [0.15, 0.2) is 5.03 Å². The van der Waals surface area contributed by atoms with E-state index >= 15 is 0 Å². The van der Waals surface area contributed by atoms with Crippen LogP contribution >= 0.6 is 0 Å². The Bertz CT molecular complexity index is 683. The van der Waals surface area contributed by atoms with E-state index in [0.717, 1.165) is 0 Å². The molecule has 1 aromatic heterocycles. The number of aliphatic carboxylic acids is 1. The Balaban J connectivity index is 2.22. The summed E-state index contributed by atoms with van der Waals surface area (Å²) in [5.41, 5.74) is 0.710. The highest BCUT2D eigenvalue weighted by atomic mass is 32.2. The SMILES string of the molecule is O=C(O)CCC(NS(=O)(=O)c1ccn[nH]1)c1ccccc1. The summed E-state index contributed by atoms with van der Waals surface area (Å²) in [7, 11) is -3.77. The molecule has 0 aliphatic heterocycles. The van der Waals surface area contributed by atoms with Crippen LogP contribution in [0.5, 0.6) is 0 Å². The first-order valence-electron chi connectivity index (χ1n) is 6.27. The van der Waals surface area contributed by atoms with E-state index in [1.165, 1.54) is 12.3 Å². The van der Waals surface area contributed by atoms with E-state index in [-0.39, 0.29) is 17.9 Å². The van der Waals surface area contributed by atoms with Crippen LogP contribution in [-0.2, 0) is 14.8 Å². The lowest BCUT2D eigenvalue weighted by atomic mass is 10.0. The van der Waals surface area contributed by atoms with E-state index in [9.17, 15) is 13.2 Å². The van der Waals surface area contributed by atoms with Gasteiger partial charge in [0.25, 0.3) is 10.0 Å². The molecule has 112 valence electrons. The van der Waals surface area contributed by atoms with Gasteiger partial charge in [0.2, 0.25) is 0 Å². The summed E-state index contributed by atoms with van der Waals surface area (Å²) in [6.07, 6.45) is 1.36. The zero-order valence-electron chi connectivity index (χ0n) is 11.1. The van der Waals surface area contributed by atoms with Crippen molar-refractivity contribution < 1.29 is 18.3 Å². The average Bonchev–Trinajstić information content (AvgIpc) is 2.99. The lowest BCUT2D eigenvalue weighted by Crippen LogP contribution is -2.29. The molecule has 0 bridgehead atoms. The van der Waals surface area contributed by atoms with Gasteiger partial charge in [-0.05, 0) is 18.1 Å². The van der Waals surface area contributed by atoms with E-state index in [1.54, 1.807) is 30.3 Å². The maximum absolute atomic E-state index is 12.2. The molecule has 0 fully saturated rings. The normalized spacial score (nSPS) is 13.0. The molecule has 0 aliphatic carbocycles. The molecular formula is C13H15N3O4S. The van der Waals surface area contributed by atoms with Gasteiger partial charge in [-0.2, -0.15) is 5.10 Å². The monoisotopic (exact) mass is 309 g/mol. The molecule has 1 aromatic carbocycles. The maximum atomic E-state index is 12.2. The van der Waals surface area contributed by atoms with Gasteiger partial charge < -0.3 is 5.11 Å². The second-order valence-corrected chi connectivity index (χ2v) is 6.12. The topological polar surface area (TPSA) is 112 Å². The smallest absolute Gasteiger partial charge is 0.303 e. The maximum Gasteiger partial charge on any atom is 0.303 e. The molecule has 0 saturated carbocycles. The van der Waals surface area contributed by atoms with Crippen LogP contribution in [0.1, 0.15) is 24.4 Å². The number of carbonyl (C=O) groups is 1. The molecule has 1 unspecified atom stereocenters. The lowest BCUT2D eigenvalue weighted by molar-refractivity contribution is -0.137. The van der Waals surface area contributed by atoms with E-state index in [0.29, 0.717) is 5.56 Å². The quantitative estimate of drug-likeness (QED) is 0.713. The zero-order valence-corrected chi connectivity index (χ0v) is 11.9. The Morgan fingerprint density at radius 3 is 2.57 bits per heavy atom. The van der Waals surface area contributed by atoms with Crippen LogP contribution in [0.2, 0.25) is 0 Å². The lowest BCUT2D eigenvalue weighted by Gasteiger charge is -2.17. The first-order valence-corrected chi connectivity index (χ1v) is 7.76. The van der Waals surface area contributed by atoms with Gasteiger partial charge in [-0.15, -0.1) is 0 Å². The summed E-state index contributed by atoms with van der Waals surface area (Å²) in [5.74, 6) is -0.975. The summed E-state index contributed by atoms with van der Waals surface area (Å²) >= 11 is 0. The van der Waals surface area contributed by atoms with E-state index in [1.807, 2.05) is 0 Å². The second-order valence-electron chi connectivity index (χ2n) is 4.44. The Morgan fingerprint density at radius 1 is 1.29 bits per heavy atom. The van der Waals surface area contributed by atoms with Crippen molar-refractivity contribution in [2.45, 2.75) is 23.9 Å². The molecule has 2 rings (SSSR count). The predicted molar refractivity (Wildman–Crippen MR) is 75.0 cm³/mol. The Labute approximate surface area is 122 Å². The average molecular weight is 309 g/mol. The van der Waals surface area contributed by atoms with Crippen molar-refractivity contribution in [3.63, 3.8) is 0 Å². The first-order chi connectivity index (χ1) is 9.99. The number of aromatic amines is 1. The highest BCUT2D eigenvalue weighted by molar-refractivity contribution is 7.89. The van der Waals surface area contributed by atoms with E-state index < -0.39 is 22.0 Å². The summed E-state index contributed by atoms with van der Waals surface area (Å²) in [4.78, 5) is 10.7. The molecule has 21 heavy (non-hydrogen) atoms. The summed E-state index contributed by atoms with van der Waals surface area (Å²) in [5, 5.41) is 14.7. The largest absolute Gasteiger partial charge is 0.481 e. The number of H-pyrrole nitrogens is 1. The highest BCUT2D eigenvalue weighted by Crippen LogP contribution is 2.21. The molecule has 0 amide bonds. The number of rotatable bonds is 7. The Hall–Kier alpha value is -2.19. The Morgan fingerprint density at radius 2 is 2.00 bits per heavy atom. The zero-order chi connectivity index (χ0) is 15.3. The molecule has 1 heterocycles. The van der Waals surface area contributed by atoms with E-state index in [2.05, 4.69) is 14.9 Å². The minimum Gasteiger partial charge on any atom is -0.481 e. The molecular weight excluding hydrogens is 294 g/mol. The van der Waals surface area contributed by atoms with Crippen LogP contribution in [0.4, 0.5) is 0 Å². The molecule has 1 atom stereocenters. The van der Waals surface area contributed by atoms with Gasteiger partial charge >= 0.3 is 5.97 Å². The Kier molecular flexibility index (Phi) is 4.71. The van der Waals surface area contributed by atoms with Gasteiger partial charge in [0, 0.05) is 12.5 Å². The molecule has 0 aliphatic rings. The van der Waals surface area contributed by atoms with Gasteiger partial charge in [-0.25, -0.2) is 13.1 Å². The van der Waals surface area contributed by atoms with Crippen LogP contribution in [0.3, 0.4) is 0 Å².